The van der Waals surface area contributed by atoms with E-state index in [2.05, 4.69) is 27.4 Å². The Hall–Kier alpha value is -2.90. The van der Waals surface area contributed by atoms with Crippen molar-refractivity contribution >= 4 is 33.5 Å². The summed E-state index contributed by atoms with van der Waals surface area (Å²) in [6, 6.07) is 2.92. The van der Waals surface area contributed by atoms with Gasteiger partial charge in [-0.05, 0) is 55.6 Å². The number of sulfonamides is 1. The van der Waals surface area contributed by atoms with Crippen LogP contribution in [0.5, 0.6) is 0 Å². The molecule has 0 aliphatic carbocycles. The highest BCUT2D eigenvalue weighted by Gasteiger charge is 2.39. The number of guanidine groups is 1. The van der Waals surface area contributed by atoms with Gasteiger partial charge in [0.1, 0.15) is 17.0 Å². The number of carbonyl (C=O) groups is 2. The van der Waals surface area contributed by atoms with Crippen molar-refractivity contribution in [1.29, 1.82) is 0 Å². The zero-order chi connectivity index (χ0) is 26.5. The van der Waals surface area contributed by atoms with Gasteiger partial charge in [0, 0.05) is 19.6 Å². The van der Waals surface area contributed by atoms with Gasteiger partial charge in [-0.3, -0.25) is 15.2 Å². The lowest BCUT2D eigenvalue weighted by Gasteiger charge is -2.38. The lowest BCUT2D eigenvalue weighted by Crippen LogP contribution is -2.56. The minimum absolute atomic E-state index is 0.0191. The zero-order valence-corrected chi connectivity index (χ0v) is 21.6. The van der Waals surface area contributed by atoms with E-state index < -0.39 is 34.0 Å². The number of hydrogen-bond donors (Lipinski definition) is 6. The Balaban J connectivity index is 1.87. The smallest absolute Gasteiger partial charge is 0.326 e. The molecule has 200 valence electrons. The van der Waals surface area contributed by atoms with E-state index in [0.29, 0.717) is 37.4 Å². The summed E-state index contributed by atoms with van der Waals surface area (Å²) in [5.41, 5.74) is 9.18. The number of aliphatic carboxylic acids is 1. The third-order valence-electron chi connectivity index (χ3n) is 6.71. The molecule has 36 heavy (non-hydrogen) atoms. The van der Waals surface area contributed by atoms with Crippen LogP contribution in [0.15, 0.2) is 28.1 Å². The van der Waals surface area contributed by atoms with Gasteiger partial charge < -0.3 is 21.1 Å². The summed E-state index contributed by atoms with van der Waals surface area (Å²) in [6.07, 6.45) is 2.14. The quantitative estimate of drug-likeness (QED) is 0.0862. The molecule has 0 bridgehead atoms. The SMILES string of the molecule is CC1CNc2c(cccc2S(=O)(=O)N[C@@H](CCCN=C(N)NN)C(=O)N2CC[C@H](C)C[C@H]2C(=O)O)C1. The van der Waals surface area contributed by atoms with Crippen molar-refractivity contribution in [2.24, 2.45) is 28.4 Å². The van der Waals surface area contributed by atoms with E-state index in [0.717, 1.165) is 12.0 Å². The summed E-state index contributed by atoms with van der Waals surface area (Å²) >= 11 is 0. The fraction of sp³-hybridized carbons (Fsp3) is 0.609. The number of anilines is 1. The van der Waals surface area contributed by atoms with Crippen molar-refractivity contribution in [2.75, 3.05) is 25.0 Å². The molecule has 2 heterocycles. The molecule has 0 radical (unpaired) electrons. The second-order valence-electron chi connectivity index (χ2n) is 9.72. The second-order valence-corrected chi connectivity index (χ2v) is 11.4. The Morgan fingerprint density at radius 2 is 2.06 bits per heavy atom. The molecule has 12 nitrogen and oxygen atoms in total. The van der Waals surface area contributed by atoms with Gasteiger partial charge in [-0.2, -0.15) is 4.72 Å². The lowest BCUT2D eigenvalue weighted by atomic mass is 9.91. The number of nitrogens with one attached hydrogen (secondary N) is 3. The van der Waals surface area contributed by atoms with Crippen LogP contribution in [0.25, 0.3) is 0 Å². The summed E-state index contributed by atoms with van der Waals surface area (Å²) in [5.74, 6) is 4.08. The van der Waals surface area contributed by atoms with Gasteiger partial charge in [0.25, 0.3) is 0 Å². The summed E-state index contributed by atoms with van der Waals surface area (Å²) in [7, 11) is -4.11. The molecule has 0 spiro atoms. The molecular formula is C23H37N7O5S. The maximum Gasteiger partial charge on any atom is 0.326 e. The standard InChI is InChI=1S/C23H37N7O5S/c1-14-8-10-30(18(12-14)22(32)33)21(31)17(6-4-9-26-23(24)28-25)29-36(34,35)19-7-3-5-16-11-15(2)13-27-20(16)19/h3,5,7,14-15,17-18,27,29H,4,6,8-13,25H2,1-2H3,(H,32,33)(H3,24,26,28)/t14-,15?,17-,18-/m0/s1. The van der Waals surface area contributed by atoms with Crippen LogP contribution in [0, 0.1) is 11.8 Å². The Labute approximate surface area is 211 Å². The Bertz CT molecular complexity index is 1090. The van der Waals surface area contributed by atoms with Crippen LogP contribution >= 0.6 is 0 Å². The van der Waals surface area contributed by atoms with E-state index in [1.165, 1.54) is 11.0 Å². The van der Waals surface area contributed by atoms with Crippen molar-refractivity contribution in [3.63, 3.8) is 0 Å². The molecule has 2 aliphatic heterocycles. The molecule has 13 heteroatoms. The van der Waals surface area contributed by atoms with E-state index in [4.69, 9.17) is 11.6 Å². The van der Waals surface area contributed by atoms with Crippen LogP contribution in [0.1, 0.15) is 45.1 Å². The summed E-state index contributed by atoms with van der Waals surface area (Å²) < 4.78 is 29.6. The molecule has 1 saturated heterocycles. The molecule has 0 aromatic heterocycles. The van der Waals surface area contributed by atoms with Gasteiger partial charge in [-0.1, -0.05) is 26.0 Å². The first kappa shape index (κ1) is 27.7. The monoisotopic (exact) mass is 523 g/mol. The maximum atomic E-state index is 13.6. The van der Waals surface area contributed by atoms with Crippen molar-refractivity contribution in [3.05, 3.63) is 23.8 Å². The number of aliphatic imine (C=N–C) groups is 1. The summed E-state index contributed by atoms with van der Waals surface area (Å²) in [6.45, 7) is 5.12. The minimum Gasteiger partial charge on any atom is -0.480 e. The lowest BCUT2D eigenvalue weighted by molar-refractivity contribution is -0.153. The van der Waals surface area contributed by atoms with Gasteiger partial charge in [0.2, 0.25) is 21.9 Å². The zero-order valence-electron chi connectivity index (χ0n) is 20.7. The van der Waals surface area contributed by atoms with Crippen LogP contribution in [-0.2, 0) is 26.0 Å². The maximum absolute atomic E-state index is 13.6. The molecule has 0 saturated carbocycles. The van der Waals surface area contributed by atoms with Crippen LogP contribution < -0.4 is 27.0 Å². The second kappa shape index (κ2) is 11.9. The molecule has 4 atom stereocenters. The highest BCUT2D eigenvalue weighted by Crippen LogP contribution is 2.31. The number of fused-ring (bicyclic) bond motifs is 1. The number of amides is 1. The largest absolute Gasteiger partial charge is 0.480 e. The number of benzene rings is 1. The number of rotatable bonds is 9. The molecule has 1 aromatic rings. The predicted molar refractivity (Wildman–Crippen MR) is 136 cm³/mol. The first-order chi connectivity index (χ1) is 17.0. The highest BCUT2D eigenvalue weighted by atomic mass is 32.2. The Morgan fingerprint density at radius 1 is 1.31 bits per heavy atom. The topological polar surface area (TPSA) is 192 Å². The number of hydrogen-bond acceptors (Lipinski definition) is 7. The van der Waals surface area contributed by atoms with Crippen LogP contribution in [0.4, 0.5) is 5.69 Å². The molecule has 1 amide bonds. The van der Waals surface area contributed by atoms with E-state index in [9.17, 15) is 23.1 Å². The first-order valence-corrected chi connectivity index (χ1v) is 13.7. The van der Waals surface area contributed by atoms with Crippen molar-refractivity contribution in [3.8, 4) is 0 Å². The third-order valence-corrected chi connectivity index (χ3v) is 8.22. The average Bonchev–Trinajstić information content (AvgIpc) is 2.84. The first-order valence-electron chi connectivity index (χ1n) is 12.2. The summed E-state index contributed by atoms with van der Waals surface area (Å²) in [5, 5.41) is 12.9. The van der Waals surface area contributed by atoms with Gasteiger partial charge in [-0.15, -0.1) is 0 Å². The molecule has 1 aromatic carbocycles. The van der Waals surface area contributed by atoms with E-state index in [1.54, 1.807) is 6.07 Å². The van der Waals surface area contributed by atoms with Gasteiger partial charge in [0.15, 0.2) is 0 Å². The van der Waals surface area contributed by atoms with E-state index >= 15 is 0 Å². The van der Waals surface area contributed by atoms with E-state index in [-0.39, 0.29) is 36.3 Å². The number of carboxylic acids is 1. The molecule has 1 fully saturated rings. The van der Waals surface area contributed by atoms with Gasteiger partial charge in [0.05, 0.1) is 5.69 Å². The number of nitrogens with two attached hydrogens (primary N) is 2. The number of hydrazine groups is 1. The number of nitrogens with zero attached hydrogens (tertiary/aromatic N) is 2. The Kier molecular flexibility index (Phi) is 9.14. The van der Waals surface area contributed by atoms with Crippen molar-refractivity contribution in [2.45, 2.75) is 62.9 Å². The average molecular weight is 524 g/mol. The predicted octanol–water partition coefficient (Wildman–Crippen LogP) is 0.208. The Morgan fingerprint density at radius 3 is 2.75 bits per heavy atom. The number of piperidine rings is 1. The third kappa shape index (κ3) is 6.65. The van der Waals surface area contributed by atoms with Crippen molar-refractivity contribution < 1.29 is 23.1 Å². The molecule has 2 aliphatic rings. The molecule has 1 unspecified atom stereocenters. The number of para-hydroxylation sites is 1. The van der Waals surface area contributed by atoms with Gasteiger partial charge >= 0.3 is 5.97 Å². The number of carbonyl (C=O) groups excluding carboxylic acids is 1. The molecule has 3 rings (SSSR count). The van der Waals surface area contributed by atoms with Crippen LogP contribution in [0.2, 0.25) is 0 Å². The summed E-state index contributed by atoms with van der Waals surface area (Å²) in [4.78, 5) is 30.8. The van der Waals surface area contributed by atoms with Gasteiger partial charge in [-0.25, -0.2) is 19.1 Å². The van der Waals surface area contributed by atoms with Crippen molar-refractivity contribution in [1.82, 2.24) is 15.0 Å². The number of likely N-dealkylation sites (tertiary alicyclic amines) is 1. The fourth-order valence-electron chi connectivity index (χ4n) is 4.76. The van der Waals surface area contributed by atoms with Crippen LogP contribution in [-0.4, -0.2) is 68.0 Å². The number of carboxylic acid groups (broad SMARTS) is 1. The van der Waals surface area contributed by atoms with Crippen LogP contribution in [0.3, 0.4) is 0 Å². The molecule has 8 N–H and O–H groups in total. The molecular weight excluding hydrogens is 486 g/mol. The van der Waals surface area contributed by atoms with E-state index in [1.807, 2.05) is 13.0 Å². The normalized spacial score (nSPS) is 23.4. The fourth-order valence-corrected chi connectivity index (χ4v) is 6.21. The highest BCUT2D eigenvalue weighted by molar-refractivity contribution is 7.89. The minimum atomic E-state index is -4.11.